The van der Waals surface area contributed by atoms with Crippen molar-refractivity contribution >= 4 is 26.9 Å². The van der Waals surface area contributed by atoms with E-state index < -0.39 is 16.0 Å². The van der Waals surface area contributed by atoms with Crippen molar-refractivity contribution in [2.75, 3.05) is 14.1 Å². The van der Waals surface area contributed by atoms with E-state index in [2.05, 4.69) is 4.98 Å². The predicted molar refractivity (Wildman–Crippen MR) is 96.3 cm³/mol. The molecule has 2 aromatic carbocycles. The second kappa shape index (κ2) is 6.02. The second-order valence-corrected chi connectivity index (χ2v) is 8.16. The first-order valence-electron chi connectivity index (χ1n) is 7.60. The number of aromatic amines is 1. The Morgan fingerprint density at radius 3 is 2.48 bits per heavy atom. The second-order valence-electron chi connectivity index (χ2n) is 6.01. The molecule has 0 unspecified atom stereocenters. The van der Waals surface area contributed by atoms with Gasteiger partial charge in [0.25, 0.3) is 0 Å². The van der Waals surface area contributed by atoms with Crippen LogP contribution in [0.4, 0.5) is 0 Å². The lowest BCUT2D eigenvalue weighted by atomic mass is 10.0. The molecule has 0 fully saturated rings. The standard InChI is InChI=1S/C18H18N2O4S/c1-11-17(15-10-13(18(21)22)7-8-16(15)19-11)12-5-4-6-14(9-12)25(23,24)20(2)3/h4-10,19H,1-3H3,(H,21,22). The number of nitrogens with zero attached hydrogens (tertiary/aromatic N) is 1. The minimum Gasteiger partial charge on any atom is -0.478 e. The normalized spacial score (nSPS) is 12.0. The number of aryl methyl sites for hydroxylation is 1. The summed E-state index contributed by atoms with van der Waals surface area (Å²) < 4.78 is 25.9. The van der Waals surface area contributed by atoms with Gasteiger partial charge in [-0.25, -0.2) is 17.5 Å². The van der Waals surface area contributed by atoms with E-state index in [1.807, 2.05) is 13.0 Å². The highest BCUT2D eigenvalue weighted by molar-refractivity contribution is 7.89. The highest BCUT2D eigenvalue weighted by Crippen LogP contribution is 2.34. The molecule has 0 bridgehead atoms. The molecule has 3 rings (SSSR count). The number of fused-ring (bicyclic) bond motifs is 1. The monoisotopic (exact) mass is 358 g/mol. The fourth-order valence-corrected chi connectivity index (χ4v) is 3.80. The number of carboxylic acids is 1. The number of rotatable bonds is 4. The van der Waals surface area contributed by atoms with E-state index in [4.69, 9.17) is 0 Å². The molecule has 0 aliphatic carbocycles. The van der Waals surface area contributed by atoms with Crippen LogP contribution in [0.25, 0.3) is 22.0 Å². The van der Waals surface area contributed by atoms with E-state index in [-0.39, 0.29) is 10.5 Å². The van der Waals surface area contributed by atoms with Crippen LogP contribution < -0.4 is 0 Å². The average Bonchev–Trinajstić information content (AvgIpc) is 2.89. The first-order valence-corrected chi connectivity index (χ1v) is 9.04. The number of aromatic nitrogens is 1. The number of hydrogen-bond acceptors (Lipinski definition) is 3. The van der Waals surface area contributed by atoms with Crippen LogP contribution in [0.1, 0.15) is 16.1 Å². The van der Waals surface area contributed by atoms with E-state index >= 15 is 0 Å². The van der Waals surface area contributed by atoms with Crippen molar-refractivity contribution in [2.45, 2.75) is 11.8 Å². The molecule has 130 valence electrons. The third-order valence-electron chi connectivity index (χ3n) is 4.13. The van der Waals surface area contributed by atoms with Gasteiger partial charge in [-0.3, -0.25) is 0 Å². The van der Waals surface area contributed by atoms with Gasteiger partial charge in [0.1, 0.15) is 0 Å². The van der Waals surface area contributed by atoms with Crippen LogP contribution in [0, 0.1) is 6.92 Å². The molecule has 0 atom stereocenters. The van der Waals surface area contributed by atoms with Crippen LogP contribution >= 0.6 is 0 Å². The van der Waals surface area contributed by atoms with E-state index in [0.717, 1.165) is 26.5 Å². The SMILES string of the molecule is Cc1[nH]c2ccc(C(=O)O)cc2c1-c1cccc(S(=O)(=O)N(C)C)c1. The maximum Gasteiger partial charge on any atom is 0.335 e. The maximum atomic E-state index is 12.4. The molecule has 1 heterocycles. The first kappa shape index (κ1) is 17.2. The van der Waals surface area contributed by atoms with Gasteiger partial charge >= 0.3 is 5.97 Å². The van der Waals surface area contributed by atoms with Crippen molar-refractivity contribution < 1.29 is 18.3 Å². The van der Waals surface area contributed by atoms with E-state index in [1.54, 1.807) is 30.3 Å². The van der Waals surface area contributed by atoms with Crippen LogP contribution in [-0.2, 0) is 10.0 Å². The van der Waals surface area contributed by atoms with Gasteiger partial charge in [0, 0.05) is 36.3 Å². The van der Waals surface area contributed by atoms with Gasteiger partial charge in [-0.15, -0.1) is 0 Å². The number of benzene rings is 2. The summed E-state index contributed by atoms with van der Waals surface area (Å²) >= 11 is 0. The number of carbonyl (C=O) groups is 1. The Morgan fingerprint density at radius 1 is 1.12 bits per heavy atom. The van der Waals surface area contributed by atoms with Gasteiger partial charge in [0.05, 0.1) is 10.5 Å². The van der Waals surface area contributed by atoms with Crippen molar-refractivity contribution in [1.29, 1.82) is 0 Å². The molecule has 0 spiro atoms. The lowest BCUT2D eigenvalue weighted by Crippen LogP contribution is -2.22. The zero-order valence-electron chi connectivity index (χ0n) is 14.1. The van der Waals surface area contributed by atoms with Crippen LogP contribution in [0.15, 0.2) is 47.4 Å². The van der Waals surface area contributed by atoms with Gasteiger partial charge in [-0.05, 0) is 42.8 Å². The molecule has 0 aliphatic heterocycles. The largest absolute Gasteiger partial charge is 0.478 e. The molecule has 25 heavy (non-hydrogen) atoms. The summed E-state index contributed by atoms with van der Waals surface area (Å²) in [6.45, 7) is 1.88. The number of aromatic carboxylic acids is 1. The molecule has 1 aromatic heterocycles. The Hall–Kier alpha value is -2.64. The Morgan fingerprint density at radius 2 is 1.84 bits per heavy atom. The fourth-order valence-electron chi connectivity index (χ4n) is 2.85. The number of nitrogens with one attached hydrogen (secondary N) is 1. The van der Waals surface area contributed by atoms with Crippen molar-refractivity contribution in [2.24, 2.45) is 0 Å². The molecule has 3 aromatic rings. The maximum absolute atomic E-state index is 12.4. The zero-order chi connectivity index (χ0) is 18.4. The van der Waals surface area contributed by atoms with Gasteiger partial charge in [-0.1, -0.05) is 12.1 Å². The minimum absolute atomic E-state index is 0.185. The zero-order valence-corrected chi connectivity index (χ0v) is 14.9. The van der Waals surface area contributed by atoms with Crippen molar-refractivity contribution in [3.05, 3.63) is 53.7 Å². The summed E-state index contributed by atoms with van der Waals surface area (Å²) in [5, 5.41) is 9.98. The lowest BCUT2D eigenvalue weighted by molar-refractivity contribution is 0.0697. The third kappa shape index (κ3) is 2.92. The molecule has 0 saturated carbocycles. The topological polar surface area (TPSA) is 90.5 Å². The molecular formula is C18H18N2O4S. The first-order chi connectivity index (χ1) is 11.7. The summed E-state index contributed by atoms with van der Waals surface area (Å²) in [6.07, 6.45) is 0. The molecule has 6 nitrogen and oxygen atoms in total. The van der Waals surface area contributed by atoms with Crippen molar-refractivity contribution in [3.8, 4) is 11.1 Å². The highest BCUT2D eigenvalue weighted by atomic mass is 32.2. The van der Waals surface area contributed by atoms with Gasteiger partial charge < -0.3 is 10.1 Å². The smallest absolute Gasteiger partial charge is 0.335 e. The molecule has 7 heteroatoms. The number of sulfonamides is 1. The summed E-state index contributed by atoms with van der Waals surface area (Å²) in [4.78, 5) is 14.7. The number of hydrogen-bond donors (Lipinski definition) is 2. The van der Waals surface area contributed by atoms with E-state index in [0.29, 0.717) is 5.56 Å². The molecule has 0 aliphatic rings. The third-order valence-corrected chi connectivity index (χ3v) is 5.95. The van der Waals surface area contributed by atoms with Gasteiger partial charge in [0.15, 0.2) is 0 Å². The summed E-state index contributed by atoms with van der Waals surface area (Å²) in [7, 11) is -0.581. The fraction of sp³-hybridized carbons (Fsp3) is 0.167. The Bertz CT molecular complexity index is 1080. The molecule has 0 amide bonds. The van der Waals surface area contributed by atoms with Crippen LogP contribution in [0.5, 0.6) is 0 Å². The van der Waals surface area contributed by atoms with Gasteiger partial charge in [-0.2, -0.15) is 0 Å². The minimum atomic E-state index is -3.55. The van der Waals surface area contributed by atoms with Gasteiger partial charge in [0.2, 0.25) is 10.0 Å². The molecular weight excluding hydrogens is 340 g/mol. The van der Waals surface area contributed by atoms with Crippen molar-refractivity contribution in [1.82, 2.24) is 9.29 Å². The number of carboxylic acid groups (broad SMARTS) is 1. The van der Waals surface area contributed by atoms with E-state index in [1.165, 1.54) is 20.2 Å². The van der Waals surface area contributed by atoms with Crippen LogP contribution in [-0.4, -0.2) is 42.9 Å². The van der Waals surface area contributed by atoms with Crippen LogP contribution in [0.2, 0.25) is 0 Å². The lowest BCUT2D eigenvalue weighted by Gasteiger charge is -2.12. The Labute approximate surface area is 145 Å². The Kier molecular flexibility index (Phi) is 4.14. The summed E-state index contributed by atoms with van der Waals surface area (Å²) in [6, 6.07) is 11.5. The van der Waals surface area contributed by atoms with E-state index in [9.17, 15) is 18.3 Å². The number of H-pyrrole nitrogens is 1. The quantitative estimate of drug-likeness (QED) is 0.750. The molecule has 0 radical (unpaired) electrons. The highest BCUT2D eigenvalue weighted by Gasteiger charge is 2.19. The molecule has 2 N–H and O–H groups in total. The van der Waals surface area contributed by atoms with Crippen molar-refractivity contribution in [3.63, 3.8) is 0 Å². The summed E-state index contributed by atoms with van der Waals surface area (Å²) in [5.41, 5.74) is 3.35. The average molecular weight is 358 g/mol. The summed E-state index contributed by atoms with van der Waals surface area (Å²) in [5.74, 6) is -1.00. The predicted octanol–water partition coefficient (Wildman–Crippen LogP) is 3.09. The Balaban J connectivity index is 2.25. The van der Waals surface area contributed by atoms with Crippen LogP contribution in [0.3, 0.4) is 0 Å². The molecule has 0 saturated heterocycles.